The smallest absolute Gasteiger partial charge is 0.1000 e. The molecule has 1 N–H and O–H groups in total. The number of rotatable bonds is 2. The van der Waals surface area contributed by atoms with Crippen LogP contribution in [-0.2, 0) is 0 Å². The molecule has 1 heterocycles. The summed E-state index contributed by atoms with van der Waals surface area (Å²) in [5, 5.41) is 9.28. The molecule has 0 unspecified atom stereocenters. The van der Waals surface area contributed by atoms with Gasteiger partial charge in [-0.1, -0.05) is 60.1 Å². The molecule has 22 heavy (non-hydrogen) atoms. The molecule has 0 radical (unpaired) electrons. The molecule has 3 aromatic carbocycles. The Kier molecular flexibility index (Phi) is 3.17. The minimum Gasteiger partial charge on any atom is -0.277 e. The first kappa shape index (κ1) is 13.1. The highest BCUT2D eigenvalue weighted by molar-refractivity contribution is 6.31. The van der Waals surface area contributed by atoms with Crippen molar-refractivity contribution in [1.82, 2.24) is 10.2 Å². The first-order chi connectivity index (χ1) is 10.8. The van der Waals surface area contributed by atoms with Crippen LogP contribution in [0.3, 0.4) is 0 Å². The molecule has 4 aromatic rings. The van der Waals surface area contributed by atoms with Crippen LogP contribution < -0.4 is 0 Å². The minimum atomic E-state index is 0.717. The van der Waals surface area contributed by atoms with Crippen LogP contribution in [0.4, 0.5) is 0 Å². The molecule has 0 atom stereocenters. The molecular formula is C19H13ClN2. The fourth-order valence-electron chi connectivity index (χ4n) is 2.68. The van der Waals surface area contributed by atoms with E-state index in [1.807, 2.05) is 36.4 Å². The summed E-state index contributed by atoms with van der Waals surface area (Å²) in [5.74, 6) is 0. The Morgan fingerprint density at radius 3 is 2.36 bits per heavy atom. The number of nitrogens with one attached hydrogen (secondary N) is 1. The van der Waals surface area contributed by atoms with Crippen LogP contribution in [0.25, 0.3) is 33.3 Å². The van der Waals surface area contributed by atoms with E-state index >= 15 is 0 Å². The minimum absolute atomic E-state index is 0.717. The summed E-state index contributed by atoms with van der Waals surface area (Å²) in [6, 6.07) is 24.5. The van der Waals surface area contributed by atoms with E-state index in [-0.39, 0.29) is 0 Å². The van der Waals surface area contributed by atoms with Crippen molar-refractivity contribution < 1.29 is 0 Å². The van der Waals surface area contributed by atoms with E-state index in [9.17, 15) is 0 Å². The summed E-state index contributed by atoms with van der Waals surface area (Å²) in [6.45, 7) is 0. The molecule has 0 saturated carbocycles. The standard InChI is InChI=1S/C19H13ClN2/c20-16-9-10-18-17(12-16)19(22-21-18)15-8-4-7-14(11-15)13-5-2-1-3-6-13/h1-12H,(H,21,22). The van der Waals surface area contributed by atoms with Gasteiger partial charge in [0.25, 0.3) is 0 Å². The van der Waals surface area contributed by atoms with Gasteiger partial charge in [-0.2, -0.15) is 5.10 Å². The summed E-state index contributed by atoms with van der Waals surface area (Å²) >= 11 is 6.12. The van der Waals surface area contributed by atoms with Gasteiger partial charge in [0.15, 0.2) is 0 Å². The number of nitrogens with zero attached hydrogens (tertiary/aromatic N) is 1. The summed E-state index contributed by atoms with van der Waals surface area (Å²) in [7, 11) is 0. The number of hydrogen-bond donors (Lipinski definition) is 1. The fourth-order valence-corrected chi connectivity index (χ4v) is 2.86. The van der Waals surface area contributed by atoms with Crippen LogP contribution in [0, 0.1) is 0 Å². The summed E-state index contributed by atoms with van der Waals surface area (Å²) in [6.07, 6.45) is 0. The highest BCUT2D eigenvalue weighted by Gasteiger charge is 2.09. The van der Waals surface area contributed by atoms with Crippen LogP contribution in [0.1, 0.15) is 0 Å². The number of benzene rings is 3. The van der Waals surface area contributed by atoms with Crippen LogP contribution in [0.2, 0.25) is 5.02 Å². The molecule has 0 aliphatic heterocycles. The number of halogens is 1. The number of H-pyrrole nitrogens is 1. The van der Waals surface area contributed by atoms with Gasteiger partial charge in [-0.05, 0) is 35.4 Å². The van der Waals surface area contributed by atoms with Crippen molar-refractivity contribution in [2.24, 2.45) is 0 Å². The number of hydrogen-bond acceptors (Lipinski definition) is 1. The quantitative estimate of drug-likeness (QED) is 0.516. The monoisotopic (exact) mass is 304 g/mol. The Morgan fingerprint density at radius 2 is 1.50 bits per heavy atom. The van der Waals surface area contributed by atoms with E-state index in [4.69, 9.17) is 11.6 Å². The van der Waals surface area contributed by atoms with Crippen LogP contribution in [0.5, 0.6) is 0 Å². The molecule has 2 nitrogen and oxygen atoms in total. The zero-order valence-electron chi connectivity index (χ0n) is 11.8. The lowest BCUT2D eigenvalue weighted by Gasteiger charge is -2.04. The van der Waals surface area contributed by atoms with Gasteiger partial charge in [-0.25, -0.2) is 0 Å². The molecule has 1 aromatic heterocycles. The average molecular weight is 305 g/mol. The first-order valence-corrected chi connectivity index (χ1v) is 7.48. The Balaban J connectivity index is 1.87. The van der Waals surface area contributed by atoms with Crippen molar-refractivity contribution in [3.05, 3.63) is 77.8 Å². The number of fused-ring (bicyclic) bond motifs is 1. The second kappa shape index (κ2) is 5.32. The highest BCUT2D eigenvalue weighted by Crippen LogP contribution is 2.31. The predicted octanol–water partition coefficient (Wildman–Crippen LogP) is 5.55. The van der Waals surface area contributed by atoms with Gasteiger partial charge >= 0.3 is 0 Å². The molecule has 4 rings (SSSR count). The number of aromatic amines is 1. The molecule has 0 aliphatic rings. The third-order valence-corrected chi connectivity index (χ3v) is 4.00. The van der Waals surface area contributed by atoms with Crippen LogP contribution in [-0.4, -0.2) is 10.2 Å². The SMILES string of the molecule is Clc1ccc2[nH]nc(-c3cccc(-c4ccccc4)c3)c2c1. The lowest BCUT2D eigenvalue weighted by molar-refractivity contribution is 1.12. The van der Waals surface area contributed by atoms with Crippen molar-refractivity contribution in [3.8, 4) is 22.4 Å². The Labute approximate surface area is 133 Å². The average Bonchev–Trinajstić information content (AvgIpc) is 2.99. The maximum atomic E-state index is 6.12. The maximum Gasteiger partial charge on any atom is 0.1000 e. The molecule has 0 fully saturated rings. The van der Waals surface area contributed by atoms with Gasteiger partial charge in [0.05, 0.1) is 11.2 Å². The van der Waals surface area contributed by atoms with Gasteiger partial charge in [0.1, 0.15) is 0 Å². The molecule has 0 saturated heterocycles. The highest BCUT2D eigenvalue weighted by atomic mass is 35.5. The molecule has 106 valence electrons. The second-order valence-corrected chi connectivity index (χ2v) is 5.65. The molecule has 0 spiro atoms. The summed E-state index contributed by atoms with van der Waals surface area (Å²) < 4.78 is 0. The molecule has 0 bridgehead atoms. The van der Waals surface area contributed by atoms with Crippen LogP contribution in [0.15, 0.2) is 72.8 Å². The molecule has 0 amide bonds. The zero-order chi connectivity index (χ0) is 14.9. The van der Waals surface area contributed by atoms with Gasteiger partial charge in [-0.3, -0.25) is 5.10 Å². The third kappa shape index (κ3) is 2.28. The predicted molar refractivity (Wildman–Crippen MR) is 92.0 cm³/mol. The van der Waals surface area contributed by atoms with E-state index in [2.05, 4.69) is 46.6 Å². The van der Waals surface area contributed by atoms with E-state index in [1.165, 1.54) is 11.1 Å². The van der Waals surface area contributed by atoms with E-state index in [1.54, 1.807) is 0 Å². The summed E-state index contributed by atoms with van der Waals surface area (Å²) in [4.78, 5) is 0. The Bertz CT molecular complexity index is 942. The lowest BCUT2D eigenvalue weighted by Crippen LogP contribution is -1.82. The maximum absolute atomic E-state index is 6.12. The zero-order valence-corrected chi connectivity index (χ0v) is 12.5. The first-order valence-electron chi connectivity index (χ1n) is 7.11. The van der Waals surface area contributed by atoms with E-state index in [0.717, 1.165) is 27.2 Å². The third-order valence-electron chi connectivity index (χ3n) is 3.77. The van der Waals surface area contributed by atoms with Crippen molar-refractivity contribution in [2.75, 3.05) is 0 Å². The molecule has 0 aliphatic carbocycles. The normalized spacial score (nSPS) is 11.0. The molecular weight excluding hydrogens is 292 g/mol. The largest absolute Gasteiger partial charge is 0.277 e. The second-order valence-electron chi connectivity index (χ2n) is 5.21. The van der Waals surface area contributed by atoms with Crippen molar-refractivity contribution in [3.63, 3.8) is 0 Å². The van der Waals surface area contributed by atoms with Gasteiger partial charge in [0, 0.05) is 16.0 Å². The lowest BCUT2D eigenvalue weighted by atomic mass is 10.0. The van der Waals surface area contributed by atoms with Gasteiger partial charge in [-0.15, -0.1) is 0 Å². The van der Waals surface area contributed by atoms with Gasteiger partial charge < -0.3 is 0 Å². The topological polar surface area (TPSA) is 28.7 Å². The van der Waals surface area contributed by atoms with E-state index in [0.29, 0.717) is 0 Å². The molecule has 3 heteroatoms. The Hall–Kier alpha value is -2.58. The van der Waals surface area contributed by atoms with Gasteiger partial charge in [0.2, 0.25) is 0 Å². The van der Waals surface area contributed by atoms with Crippen molar-refractivity contribution in [1.29, 1.82) is 0 Å². The van der Waals surface area contributed by atoms with Crippen molar-refractivity contribution >= 4 is 22.5 Å². The fraction of sp³-hybridized carbons (Fsp3) is 0. The number of aromatic nitrogens is 2. The van der Waals surface area contributed by atoms with E-state index < -0.39 is 0 Å². The van der Waals surface area contributed by atoms with Crippen LogP contribution >= 0.6 is 11.6 Å². The summed E-state index contributed by atoms with van der Waals surface area (Å²) in [5.41, 5.74) is 5.37. The Morgan fingerprint density at radius 1 is 0.727 bits per heavy atom. The van der Waals surface area contributed by atoms with Crippen molar-refractivity contribution in [2.45, 2.75) is 0 Å².